The molecular weight excluding hydrogens is 216 g/mol. The van der Waals surface area contributed by atoms with Crippen LogP contribution < -0.4 is 0 Å². The van der Waals surface area contributed by atoms with E-state index in [1.165, 1.54) is 44.1 Å². The van der Waals surface area contributed by atoms with Gasteiger partial charge in [-0.25, -0.2) is 0 Å². The van der Waals surface area contributed by atoms with Gasteiger partial charge in [0.25, 0.3) is 0 Å². The summed E-state index contributed by atoms with van der Waals surface area (Å²) in [5.74, 6) is 1.85. The lowest BCUT2D eigenvalue weighted by Crippen LogP contribution is -2.15. The van der Waals surface area contributed by atoms with Crippen LogP contribution in [0.15, 0.2) is 24.3 Å². The van der Waals surface area contributed by atoms with Gasteiger partial charge in [-0.15, -0.1) is 0 Å². The van der Waals surface area contributed by atoms with Gasteiger partial charge in [0, 0.05) is 5.02 Å². The molecule has 0 nitrogen and oxygen atoms in total. The predicted molar refractivity (Wildman–Crippen MR) is 70.9 cm³/mol. The van der Waals surface area contributed by atoms with Gasteiger partial charge in [0.1, 0.15) is 0 Å². The van der Waals surface area contributed by atoms with E-state index in [4.69, 9.17) is 11.6 Å². The van der Waals surface area contributed by atoms with E-state index in [0.717, 1.165) is 16.9 Å². The second-order valence-electron chi connectivity index (χ2n) is 5.09. The van der Waals surface area contributed by atoms with E-state index in [9.17, 15) is 0 Å². The van der Waals surface area contributed by atoms with Crippen molar-refractivity contribution in [3.8, 4) is 0 Å². The summed E-state index contributed by atoms with van der Waals surface area (Å²) in [6, 6.07) is 8.29. The summed E-state index contributed by atoms with van der Waals surface area (Å²) in [5.41, 5.74) is 1.34. The lowest BCUT2D eigenvalue weighted by molar-refractivity contribution is 0.268. The van der Waals surface area contributed by atoms with Crippen LogP contribution >= 0.6 is 11.6 Å². The van der Waals surface area contributed by atoms with Crippen LogP contribution in [0.5, 0.6) is 0 Å². The van der Waals surface area contributed by atoms with Gasteiger partial charge in [-0.3, -0.25) is 0 Å². The Hall–Kier alpha value is -0.490. The van der Waals surface area contributed by atoms with Crippen LogP contribution in [0.4, 0.5) is 0 Å². The molecule has 1 aromatic carbocycles. The number of hydrogen-bond acceptors (Lipinski definition) is 0. The summed E-state index contributed by atoms with van der Waals surface area (Å²) in [4.78, 5) is 0. The lowest BCUT2D eigenvalue weighted by atomic mass is 9.78. The van der Waals surface area contributed by atoms with E-state index in [1.54, 1.807) is 0 Å². The first-order valence-electron chi connectivity index (χ1n) is 6.53. The molecule has 1 aliphatic rings. The van der Waals surface area contributed by atoms with Crippen molar-refractivity contribution < 1.29 is 0 Å². The Morgan fingerprint density at radius 2 is 1.69 bits per heavy atom. The molecule has 0 atom stereocenters. The first kappa shape index (κ1) is 12.0. The molecule has 0 unspecified atom stereocenters. The Balaban J connectivity index is 1.89. The molecule has 1 aromatic rings. The van der Waals surface area contributed by atoms with Gasteiger partial charge < -0.3 is 0 Å². The zero-order chi connectivity index (χ0) is 11.4. The maximum atomic E-state index is 6.20. The summed E-state index contributed by atoms with van der Waals surface area (Å²) < 4.78 is 0. The average molecular weight is 237 g/mol. The van der Waals surface area contributed by atoms with Gasteiger partial charge in [-0.2, -0.15) is 0 Å². The SMILES string of the molecule is CCC1CCC(Cc2ccccc2Cl)CC1. The van der Waals surface area contributed by atoms with Crippen molar-refractivity contribution in [1.29, 1.82) is 0 Å². The smallest absolute Gasteiger partial charge is 0.0438 e. The largest absolute Gasteiger partial charge is 0.0840 e. The van der Waals surface area contributed by atoms with E-state index in [2.05, 4.69) is 19.1 Å². The third kappa shape index (κ3) is 3.01. The second kappa shape index (κ2) is 5.72. The minimum Gasteiger partial charge on any atom is -0.0840 e. The number of benzene rings is 1. The van der Waals surface area contributed by atoms with Crippen LogP contribution in [0.2, 0.25) is 5.02 Å². The Bertz CT molecular complexity index is 324. The standard InChI is InChI=1S/C15H21Cl/c1-2-12-7-9-13(10-8-12)11-14-5-3-4-6-15(14)16/h3-6,12-13H,2,7-11H2,1H3. The molecule has 0 aliphatic heterocycles. The van der Waals surface area contributed by atoms with Crippen LogP contribution in [0.1, 0.15) is 44.6 Å². The molecule has 1 heteroatoms. The van der Waals surface area contributed by atoms with Gasteiger partial charge in [0.15, 0.2) is 0 Å². The molecule has 16 heavy (non-hydrogen) atoms. The van der Waals surface area contributed by atoms with Crippen molar-refractivity contribution in [3.05, 3.63) is 34.9 Å². The van der Waals surface area contributed by atoms with Gasteiger partial charge in [-0.05, 0) is 42.7 Å². The van der Waals surface area contributed by atoms with E-state index in [-0.39, 0.29) is 0 Å². The molecule has 0 saturated heterocycles. The van der Waals surface area contributed by atoms with Crippen molar-refractivity contribution >= 4 is 11.6 Å². The molecule has 2 rings (SSSR count). The normalized spacial score (nSPS) is 25.6. The Morgan fingerprint density at radius 3 is 2.31 bits per heavy atom. The van der Waals surface area contributed by atoms with Gasteiger partial charge in [0.2, 0.25) is 0 Å². The Kier molecular flexibility index (Phi) is 4.29. The fraction of sp³-hybridized carbons (Fsp3) is 0.600. The maximum absolute atomic E-state index is 6.20. The summed E-state index contributed by atoms with van der Waals surface area (Å²) in [6.45, 7) is 2.32. The molecule has 88 valence electrons. The summed E-state index contributed by atoms with van der Waals surface area (Å²) >= 11 is 6.20. The molecule has 0 spiro atoms. The van der Waals surface area contributed by atoms with Crippen molar-refractivity contribution in [2.75, 3.05) is 0 Å². The highest BCUT2D eigenvalue weighted by Gasteiger charge is 2.20. The molecule has 1 fully saturated rings. The lowest BCUT2D eigenvalue weighted by Gasteiger charge is -2.28. The summed E-state index contributed by atoms with van der Waals surface area (Å²) in [7, 11) is 0. The van der Waals surface area contributed by atoms with Crippen LogP contribution in [-0.4, -0.2) is 0 Å². The fourth-order valence-corrected chi connectivity index (χ4v) is 3.03. The molecule has 0 aromatic heterocycles. The molecule has 0 heterocycles. The number of rotatable bonds is 3. The highest BCUT2D eigenvalue weighted by atomic mass is 35.5. The first-order valence-corrected chi connectivity index (χ1v) is 6.90. The molecule has 1 saturated carbocycles. The van der Waals surface area contributed by atoms with Gasteiger partial charge >= 0.3 is 0 Å². The number of halogens is 1. The highest BCUT2D eigenvalue weighted by Crippen LogP contribution is 2.33. The van der Waals surface area contributed by atoms with Crippen LogP contribution in [0, 0.1) is 11.8 Å². The summed E-state index contributed by atoms with van der Waals surface area (Å²) in [6.07, 6.45) is 8.17. The first-order chi connectivity index (χ1) is 7.79. The van der Waals surface area contributed by atoms with Crippen LogP contribution in [0.25, 0.3) is 0 Å². The summed E-state index contributed by atoms with van der Waals surface area (Å²) in [5, 5.41) is 0.945. The van der Waals surface area contributed by atoms with E-state index in [0.29, 0.717) is 0 Å². The quantitative estimate of drug-likeness (QED) is 0.685. The topological polar surface area (TPSA) is 0 Å². The van der Waals surface area contributed by atoms with E-state index < -0.39 is 0 Å². The molecule has 1 aliphatic carbocycles. The molecular formula is C15H21Cl. The Labute approximate surface area is 104 Å². The average Bonchev–Trinajstić information content (AvgIpc) is 2.33. The zero-order valence-corrected chi connectivity index (χ0v) is 10.8. The minimum absolute atomic E-state index is 0.864. The third-order valence-corrected chi connectivity index (χ3v) is 4.38. The molecule has 0 radical (unpaired) electrons. The van der Waals surface area contributed by atoms with Crippen molar-refractivity contribution in [3.63, 3.8) is 0 Å². The van der Waals surface area contributed by atoms with Crippen LogP contribution in [-0.2, 0) is 6.42 Å². The van der Waals surface area contributed by atoms with Crippen molar-refractivity contribution in [2.45, 2.75) is 45.4 Å². The van der Waals surface area contributed by atoms with Gasteiger partial charge in [-0.1, -0.05) is 56.0 Å². The van der Waals surface area contributed by atoms with Crippen molar-refractivity contribution in [2.24, 2.45) is 11.8 Å². The maximum Gasteiger partial charge on any atom is 0.0438 e. The molecule has 0 N–H and O–H groups in total. The van der Waals surface area contributed by atoms with E-state index in [1.807, 2.05) is 12.1 Å². The zero-order valence-electron chi connectivity index (χ0n) is 10.1. The molecule has 0 bridgehead atoms. The van der Waals surface area contributed by atoms with E-state index >= 15 is 0 Å². The van der Waals surface area contributed by atoms with Crippen LogP contribution in [0.3, 0.4) is 0 Å². The monoisotopic (exact) mass is 236 g/mol. The van der Waals surface area contributed by atoms with Gasteiger partial charge in [0.05, 0.1) is 0 Å². The highest BCUT2D eigenvalue weighted by molar-refractivity contribution is 6.31. The molecule has 0 amide bonds. The third-order valence-electron chi connectivity index (χ3n) is 4.01. The predicted octanol–water partition coefficient (Wildman–Crippen LogP) is 5.10. The Morgan fingerprint density at radius 1 is 1.06 bits per heavy atom. The minimum atomic E-state index is 0.864. The second-order valence-corrected chi connectivity index (χ2v) is 5.50. The van der Waals surface area contributed by atoms with Crippen molar-refractivity contribution in [1.82, 2.24) is 0 Å². The fourth-order valence-electron chi connectivity index (χ4n) is 2.82. The number of hydrogen-bond donors (Lipinski definition) is 0.